The average Bonchev–Trinajstić information content (AvgIpc) is 3.08. The Kier molecular flexibility index (Phi) is 4.84. The van der Waals surface area contributed by atoms with E-state index in [0.29, 0.717) is 6.04 Å². The van der Waals surface area contributed by atoms with Crippen LogP contribution in [-0.4, -0.2) is 23.5 Å². The van der Waals surface area contributed by atoms with Gasteiger partial charge in [0.1, 0.15) is 5.76 Å². The minimum absolute atomic E-state index is 0.498. The van der Waals surface area contributed by atoms with Gasteiger partial charge in [-0.3, -0.25) is 4.90 Å². The van der Waals surface area contributed by atoms with E-state index in [4.69, 9.17) is 4.42 Å². The van der Waals surface area contributed by atoms with Gasteiger partial charge in [-0.2, -0.15) is 0 Å². The Labute approximate surface area is 111 Å². The van der Waals surface area contributed by atoms with Crippen LogP contribution in [0.5, 0.6) is 0 Å². The normalized spacial score (nSPS) is 15.8. The zero-order valence-corrected chi connectivity index (χ0v) is 11.9. The molecule has 0 radical (unpaired) electrons. The predicted octanol–water partition coefficient (Wildman–Crippen LogP) is 3.15. The zero-order chi connectivity index (χ0) is 13.0. The fraction of sp³-hybridized carbons (Fsp3) is 0.733. The monoisotopic (exact) mass is 250 g/mol. The molecule has 1 aliphatic carbocycles. The van der Waals surface area contributed by atoms with Gasteiger partial charge in [-0.25, -0.2) is 0 Å². The lowest BCUT2D eigenvalue weighted by Crippen LogP contribution is -2.27. The molecule has 2 rings (SSSR count). The zero-order valence-electron chi connectivity index (χ0n) is 11.9. The van der Waals surface area contributed by atoms with E-state index >= 15 is 0 Å². The van der Waals surface area contributed by atoms with Crippen molar-refractivity contribution in [2.75, 3.05) is 6.54 Å². The first kappa shape index (κ1) is 13.6. The molecule has 3 heteroatoms. The summed E-state index contributed by atoms with van der Waals surface area (Å²) in [5.41, 5.74) is 1.35. The molecule has 1 aromatic heterocycles. The highest BCUT2D eigenvalue weighted by Gasteiger charge is 2.28. The molecule has 0 spiro atoms. The second-order valence-electron chi connectivity index (χ2n) is 5.61. The van der Waals surface area contributed by atoms with Gasteiger partial charge < -0.3 is 9.73 Å². The lowest BCUT2D eigenvalue weighted by atomic mass is 10.2. The van der Waals surface area contributed by atoms with Crippen LogP contribution in [0, 0.1) is 0 Å². The maximum absolute atomic E-state index is 5.61. The van der Waals surface area contributed by atoms with Gasteiger partial charge in [-0.05, 0) is 31.9 Å². The Morgan fingerprint density at radius 1 is 1.44 bits per heavy atom. The molecule has 1 N–H and O–H groups in total. The van der Waals surface area contributed by atoms with E-state index < -0.39 is 0 Å². The summed E-state index contributed by atoms with van der Waals surface area (Å²) in [4.78, 5) is 2.60. The minimum atomic E-state index is 0.498. The number of nitrogens with one attached hydrogen (secondary N) is 1. The fourth-order valence-electron chi connectivity index (χ4n) is 2.30. The smallest absolute Gasteiger partial charge is 0.122 e. The second-order valence-corrected chi connectivity index (χ2v) is 5.61. The summed E-state index contributed by atoms with van der Waals surface area (Å²) in [6, 6.07) is 3.45. The number of hydrogen-bond donors (Lipinski definition) is 1. The lowest BCUT2D eigenvalue weighted by molar-refractivity contribution is 0.253. The van der Waals surface area contributed by atoms with Crippen LogP contribution < -0.4 is 5.32 Å². The molecule has 1 aromatic rings. The number of rotatable bonds is 8. The number of nitrogens with zero attached hydrogens (tertiary/aromatic N) is 1. The largest absolute Gasteiger partial charge is 0.468 e. The third-order valence-corrected chi connectivity index (χ3v) is 3.46. The van der Waals surface area contributed by atoms with Crippen molar-refractivity contribution in [3.05, 3.63) is 23.7 Å². The molecule has 18 heavy (non-hydrogen) atoms. The molecular formula is C15H26N2O. The van der Waals surface area contributed by atoms with Crippen LogP contribution in [0.2, 0.25) is 0 Å². The van der Waals surface area contributed by atoms with Crippen LogP contribution in [-0.2, 0) is 13.1 Å². The molecular weight excluding hydrogens is 224 g/mol. The molecule has 0 unspecified atom stereocenters. The van der Waals surface area contributed by atoms with Crippen molar-refractivity contribution in [2.24, 2.45) is 0 Å². The van der Waals surface area contributed by atoms with E-state index in [1.165, 1.54) is 31.4 Å². The molecule has 3 nitrogen and oxygen atoms in total. The van der Waals surface area contributed by atoms with Crippen LogP contribution in [0.25, 0.3) is 0 Å². The first-order valence-corrected chi connectivity index (χ1v) is 7.23. The maximum Gasteiger partial charge on any atom is 0.122 e. The molecule has 0 atom stereocenters. The third-order valence-electron chi connectivity index (χ3n) is 3.46. The summed E-state index contributed by atoms with van der Waals surface area (Å²) >= 11 is 0. The first-order valence-electron chi connectivity index (χ1n) is 7.23. The van der Waals surface area contributed by atoms with Crippen molar-refractivity contribution < 1.29 is 4.42 Å². The van der Waals surface area contributed by atoms with Crippen LogP contribution in [0.15, 0.2) is 16.7 Å². The van der Waals surface area contributed by atoms with Gasteiger partial charge in [-0.1, -0.05) is 20.8 Å². The fourth-order valence-corrected chi connectivity index (χ4v) is 2.30. The highest BCUT2D eigenvalue weighted by atomic mass is 16.3. The Morgan fingerprint density at radius 2 is 2.22 bits per heavy atom. The van der Waals surface area contributed by atoms with Crippen molar-refractivity contribution in [3.63, 3.8) is 0 Å². The third kappa shape index (κ3) is 3.85. The highest BCUT2D eigenvalue weighted by Crippen LogP contribution is 2.29. The molecule has 102 valence electrons. The van der Waals surface area contributed by atoms with Crippen molar-refractivity contribution in [1.29, 1.82) is 0 Å². The topological polar surface area (TPSA) is 28.4 Å². The highest BCUT2D eigenvalue weighted by molar-refractivity contribution is 5.17. The molecule has 0 bridgehead atoms. The lowest BCUT2D eigenvalue weighted by Gasteiger charge is -2.21. The second kappa shape index (κ2) is 6.39. The Balaban J connectivity index is 1.92. The molecule has 1 fully saturated rings. The Morgan fingerprint density at radius 3 is 2.83 bits per heavy atom. The summed E-state index contributed by atoms with van der Waals surface area (Å²) in [6.07, 6.45) is 5.80. The SMILES string of the molecule is CCCN(Cc1ccoc1CNC(C)C)C1CC1. The quantitative estimate of drug-likeness (QED) is 0.768. The van der Waals surface area contributed by atoms with Gasteiger partial charge in [-0.15, -0.1) is 0 Å². The number of furan rings is 1. The van der Waals surface area contributed by atoms with Gasteiger partial charge in [0.2, 0.25) is 0 Å². The van der Waals surface area contributed by atoms with E-state index in [-0.39, 0.29) is 0 Å². The van der Waals surface area contributed by atoms with Crippen molar-refractivity contribution in [3.8, 4) is 0 Å². The molecule has 0 aromatic carbocycles. The van der Waals surface area contributed by atoms with Gasteiger partial charge in [0, 0.05) is 24.2 Å². The molecule has 1 aliphatic rings. The average molecular weight is 250 g/mol. The molecule has 1 saturated carbocycles. The minimum Gasteiger partial charge on any atom is -0.468 e. The van der Waals surface area contributed by atoms with Crippen molar-refractivity contribution in [2.45, 2.75) is 65.2 Å². The number of hydrogen-bond acceptors (Lipinski definition) is 3. The standard InChI is InChI=1S/C15H26N2O/c1-4-8-17(14-5-6-14)11-13-7-9-18-15(13)10-16-12(2)3/h7,9,12,14,16H,4-6,8,10-11H2,1-3H3. The molecule has 0 amide bonds. The van der Waals surface area contributed by atoms with Gasteiger partial charge in [0.25, 0.3) is 0 Å². The Hall–Kier alpha value is -0.800. The van der Waals surface area contributed by atoms with E-state index in [1.807, 2.05) is 6.26 Å². The van der Waals surface area contributed by atoms with E-state index in [0.717, 1.165) is 24.9 Å². The van der Waals surface area contributed by atoms with Gasteiger partial charge in [0.05, 0.1) is 12.8 Å². The first-order chi connectivity index (χ1) is 8.70. The van der Waals surface area contributed by atoms with Crippen LogP contribution in [0.4, 0.5) is 0 Å². The molecule has 0 saturated heterocycles. The van der Waals surface area contributed by atoms with Crippen molar-refractivity contribution in [1.82, 2.24) is 10.2 Å². The van der Waals surface area contributed by atoms with Crippen LogP contribution in [0.3, 0.4) is 0 Å². The summed E-state index contributed by atoms with van der Waals surface area (Å²) in [5.74, 6) is 1.10. The molecule has 1 heterocycles. The van der Waals surface area contributed by atoms with Gasteiger partial charge in [0.15, 0.2) is 0 Å². The van der Waals surface area contributed by atoms with E-state index in [9.17, 15) is 0 Å². The van der Waals surface area contributed by atoms with Crippen LogP contribution >= 0.6 is 0 Å². The van der Waals surface area contributed by atoms with Crippen molar-refractivity contribution >= 4 is 0 Å². The van der Waals surface area contributed by atoms with Gasteiger partial charge >= 0.3 is 0 Å². The summed E-state index contributed by atoms with van der Waals surface area (Å²) in [6.45, 7) is 9.67. The molecule has 0 aliphatic heterocycles. The Bertz CT molecular complexity index is 355. The maximum atomic E-state index is 5.61. The van der Waals surface area contributed by atoms with E-state index in [2.05, 4.69) is 37.1 Å². The summed E-state index contributed by atoms with van der Waals surface area (Å²) in [7, 11) is 0. The van der Waals surface area contributed by atoms with E-state index in [1.54, 1.807) is 0 Å². The summed E-state index contributed by atoms with van der Waals surface area (Å²) < 4.78 is 5.61. The van der Waals surface area contributed by atoms with Crippen LogP contribution in [0.1, 0.15) is 51.4 Å². The predicted molar refractivity (Wildman–Crippen MR) is 74.4 cm³/mol. The summed E-state index contributed by atoms with van der Waals surface area (Å²) in [5, 5.41) is 3.43.